The van der Waals surface area contributed by atoms with Gasteiger partial charge in [0.2, 0.25) is 0 Å². The number of rotatable bonds is 6. The van der Waals surface area contributed by atoms with E-state index in [0.717, 1.165) is 11.3 Å². The van der Waals surface area contributed by atoms with Gasteiger partial charge in [-0.2, -0.15) is 5.26 Å². The lowest BCUT2D eigenvalue weighted by molar-refractivity contribution is -0.0113. The van der Waals surface area contributed by atoms with Gasteiger partial charge < -0.3 is 9.84 Å². The fourth-order valence-corrected chi connectivity index (χ4v) is 1.47. The van der Waals surface area contributed by atoms with E-state index in [0.29, 0.717) is 25.9 Å². The smallest absolute Gasteiger partial charge is 0.119 e. The molecular formula is C14H19NO2. The van der Waals surface area contributed by atoms with Crippen molar-refractivity contribution in [1.82, 2.24) is 0 Å². The minimum absolute atomic E-state index is 0.303. The van der Waals surface area contributed by atoms with Crippen LogP contribution in [0.1, 0.15) is 32.3 Å². The summed E-state index contributed by atoms with van der Waals surface area (Å²) in [7, 11) is 0. The van der Waals surface area contributed by atoms with Crippen LogP contribution in [-0.2, 0) is 6.42 Å². The van der Waals surface area contributed by atoms with Crippen LogP contribution >= 0.6 is 0 Å². The molecule has 0 fully saturated rings. The second-order valence-corrected chi connectivity index (χ2v) is 4.20. The van der Waals surface area contributed by atoms with E-state index in [1.165, 1.54) is 0 Å². The van der Waals surface area contributed by atoms with Gasteiger partial charge in [-0.3, -0.25) is 0 Å². The third-order valence-electron chi connectivity index (χ3n) is 3.03. The first-order chi connectivity index (χ1) is 8.13. The summed E-state index contributed by atoms with van der Waals surface area (Å²) in [6.45, 7) is 4.20. The largest absolute Gasteiger partial charge is 0.491 e. The van der Waals surface area contributed by atoms with Crippen molar-refractivity contribution in [3.8, 4) is 11.8 Å². The third kappa shape index (κ3) is 4.08. The Morgan fingerprint density at radius 2 is 1.82 bits per heavy atom. The van der Waals surface area contributed by atoms with E-state index in [9.17, 15) is 5.11 Å². The Morgan fingerprint density at radius 1 is 1.24 bits per heavy atom. The number of ether oxygens (including phenoxy) is 1. The lowest BCUT2D eigenvalue weighted by Gasteiger charge is -2.25. The highest BCUT2D eigenvalue weighted by atomic mass is 16.5. The maximum Gasteiger partial charge on any atom is 0.119 e. The molecule has 3 nitrogen and oxygen atoms in total. The summed E-state index contributed by atoms with van der Waals surface area (Å²) in [6.07, 6.45) is 1.76. The Hall–Kier alpha value is -1.53. The quantitative estimate of drug-likeness (QED) is 0.821. The molecule has 3 heteroatoms. The summed E-state index contributed by atoms with van der Waals surface area (Å²) >= 11 is 0. The van der Waals surface area contributed by atoms with Crippen LogP contribution in [0.15, 0.2) is 24.3 Å². The van der Waals surface area contributed by atoms with Crippen LogP contribution in [0.3, 0.4) is 0 Å². The molecule has 1 rings (SSSR count). The molecule has 0 aliphatic heterocycles. The zero-order chi connectivity index (χ0) is 12.7. The molecule has 0 atom stereocenters. The standard InChI is InChI=1S/C14H19NO2/c1-3-14(16,4-2)11-17-13-7-5-12(6-8-13)9-10-15/h5-8,16H,3-4,9,11H2,1-2H3. The molecule has 1 N–H and O–H groups in total. The summed E-state index contributed by atoms with van der Waals surface area (Å²) in [5, 5.41) is 18.6. The zero-order valence-electron chi connectivity index (χ0n) is 10.4. The van der Waals surface area contributed by atoms with Gasteiger partial charge in [0, 0.05) is 0 Å². The molecule has 1 aromatic carbocycles. The molecule has 0 aliphatic rings. The average Bonchev–Trinajstić information content (AvgIpc) is 2.38. The van der Waals surface area contributed by atoms with Gasteiger partial charge >= 0.3 is 0 Å². The molecule has 0 amide bonds. The van der Waals surface area contributed by atoms with Gasteiger partial charge in [-0.25, -0.2) is 0 Å². The van der Waals surface area contributed by atoms with Crippen molar-refractivity contribution in [1.29, 1.82) is 5.26 Å². The van der Waals surface area contributed by atoms with Crippen molar-refractivity contribution in [3.05, 3.63) is 29.8 Å². The van der Waals surface area contributed by atoms with Crippen molar-refractivity contribution in [2.45, 2.75) is 38.7 Å². The summed E-state index contributed by atoms with van der Waals surface area (Å²) in [5.74, 6) is 0.729. The highest BCUT2D eigenvalue weighted by molar-refractivity contribution is 5.28. The molecule has 17 heavy (non-hydrogen) atoms. The van der Waals surface area contributed by atoms with Gasteiger partial charge in [0.05, 0.1) is 18.1 Å². The predicted octanol–water partition coefficient (Wildman–Crippen LogP) is 2.68. The first-order valence-electron chi connectivity index (χ1n) is 5.94. The van der Waals surface area contributed by atoms with Crippen LogP contribution < -0.4 is 4.74 Å². The third-order valence-corrected chi connectivity index (χ3v) is 3.03. The second kappa shape index (κ2) is 6.27. The summed E-state index contributed by atoms with van der Waals surface area (Å²) in [6, 6.07) is 9.50. The normalized spacial score (nSPS) is 10.9. The maximum atomic E-state index is 10.1. The molecule has 0 saturated carbocycles. The molecule has 0 heterocycles. The van der Waals surface area contributed by atoms with E-state index in [1.54, 1.807) is 0 Å². The molecule has 0 aliphatic carbocycles. The first-order valence-corrected chi connectivity index (χ1v) is 5.94. The van der Waals surface area contributed by atoms with Gasteiger partial charge in [-0.05, 0) is 30.5 Å². The van der Waals surface area contributed by atoms with Gasteiger partial charge in [-0.15, -0.1) is 0 Å². The number of hydrogen-bond acceptors (Lipinski definition) is 3. The Morgan fingerprint density at radius 3 is 2.29 bits per heavy atom. The predicted molar refractivity (Wildman–Crippen MR) is 66.8 cm³/mol. The Kier molecular flexibility index (Phi) is 4.99. The molecule has 0 spiro atoms. The van der Waals surface area contributed by atoms with E-state index in [-0.39, 0.29) is 0 Å². The molecule has 0 saturated heterocycles. The maximum absolute atomic E-state index is 10.1. The lowest BCUT2D eigenvalue weighted by Crippen LogP contribution is -2.34. The molecule has 0 radical (unpaired) electrons. The first kappa shape index (κ1) is 13.5. The fraction of sp³-hybridized carbons (Fsp3) is 0.500. The van der Waals surface area contributed by atoms with Gasteiger partial charge in [0.1, 0.15) is 12.4 Å². The van der Waals surface area contributed by atoms with E-state index in [4.69, 9.17) is 10.00 Å². The van der Waals surface area contributed by atoms with Crippen LogP contribution in [0.4, 0.5) is 0 Å². The molecule has 92 valence electrons. The highest BCUT2D eigenvalue weighted by Gasteiger charge is 2.22. The molecule has 1 aromatic rings. The van der Waals surface area contributed by atoms with E-state index >= 15 is 0 Å². The minimum atomic E-state index is -0.745. The van der Waals surface area contributed by atoms with Gasteiger partial charge in [-0.1, -0.05) is 26.0 Å². The van der Waals surface area contributed by atoms with Crippen LogP contribution in [0, 0.1) is 11.3 Å². The second-order valence-electron chi connectivity index (χ2n) is 4.20. The van der Waals surface area contributed by atoms with Gasteiger partial charge in [0.15, 0.2) is 0 Å². The van der Waals surface area contributed by atoms with E-state index in [1.807, 2.05) is 38.1 Å². The number of aliphatic hydroxyl groups is 1. The zero-order valence-corrected chi connectivity index (χ0v) is 10.4. The Bertz CT molecular complexity index is 374. The monoisotopic (exact) mass is 233 g/mol. The van der Waals surface area contributed by atoms with Crippen molar-refractivity contribution in [2.24, 2.45) is 0 Å². The average molecular weight is 233 g/mol. The van der Waals surface area contributed by atoms with Crippen molar-refractivity contribution >= 4 is 0 Å². The van der Waals surface area contributed by atoms with Crippen molar-refractivity contribution < 1.29 is 9.84 Å². The SMILES string of the molecule is CCC(O)(CC)COc1ccc(CC#N)cc1. The fourth-order valence-electron chi connectivity index (χ4n) is 1.47. The van der Waals surface area contributed by atoms with E-state index < -0.39 is 5.60 Å². The molecule has 0 bridgehead atoms. The Balaban J connectivity index is 2.55. The number of benzene rings is 1. The molecule has 0 aromatic heterocycles. The topological polar surface area (TPSA) is 53.2 Å². The number of nitriles is 1. The van der Waals surface area contributed by atoms with Crippen LogP contribution in [-0.4, -0.2) is 17.3 Å². The number of hydrogen-bond donors (Lipinski definition) is 1. The highest BCUT2D eigenvalue weighted by Crippen LogP contribution is 2.18. The summed E-state index contributed by atoms with van der Waals surface area (Å²) in [4.78, 5) is 0. The minimum Gasteiger partial charge on any atom is -0.491 e. The summed E-state index contributed by atoms with van der Waals surface area (Å²) in [5.41, 5.74) is 0.229. The van der Waals surface area contributed by atoms with Crippen LogP contribution in [0.5, 0.6) is 5.75 Å². The van der Waals surface area contributed by atoms with Crippen LogP contribution in [0.25, 0.3) is 0 Å². The lowest BCUT2D eigenvalue weighted by atomic mass is 9.99. The van der Waals surface area contributed by atoms with Gasteiger partial charge in [0.25, 0.3) is 0 Å². The molecular weight excluding hydrogens is 214 g/mol. The van der Waals surface area contributed by atoms with Crippen LogP contribution in [0.2, 0.25) is 0 Å². The van der Waals surface area contributed by atoms with E-state index in [2.05, 4.69) is 6.07 Å². The Labute approximate surface area is 103 Å². The number of nitrogens with zero attached hydrogens (tertiary/aromatic N) is 1. The molecule has 0 unspecified atom stereocenters. The van der Waals surface area contributed by atoms with Crippen molar-refractivity contribution in [2.75, 3.05) is 6.61 Å². The summed E-state index contributed by atoms with van der Waals surface area (Å²) < 4.78 is 5.55. The van der Waals surface area contributed by atoms with Crippen molar-refractivity contribution in [3.63, 3.8) is 0 Å².